The van der Waals surface area contributed by atoms with Crippen LogP contribution < -0.4 is 5.32 Å². The van der Waals surface area contributed by atoms with Crippen molar-refractivity contribution in [3.8, 4) is 0 Å². The maximum absolute atomic E-state index is 11.1. The summed E-state index contributed by atoms with van der Waals surface area (Å²) in [5.74, 6) is 0.258. The van der Waals surface area contributed by atoms with Gasteiger partial charge in [-0.05, 0) is 12.5 Å². The van der Waals surface area contributed by atoms with Gasteiger partial charge in [-0.15, -0.1) is 0 Å². The Morgan fingerprint density at radius 2 is 2.21 bits per heavy atom. The summed E-state index contributed by atoms with van der Waals surface area (Å²) in [5, 5.41) is 2.42. The predicted molar refractivity (Wildman–Crippen MR) is 51.9 cm³/mol. The lowest BCUT2D eigenvalue weighted by molar-refractivity contribution is 0.159. The summed E-state index contributed by atoms with van der Waals surface area (Å²) in [5.41, 5.74) is 0. The molecule has 1 rings (SSSR count). The van der Waals surface area contributed by atoms with E-state index in [1.54, 1.807) is 18.5 Å². The van der Waals surface area contributed by atoms with Crippen molar-refractivity contribution < 1.29 is 9.53 Å². The highest BCUT2D eigenvalue weighted by atomic mass is 16.5. The Kier molecular flexibility index (Phi) is 4.40. The molecular weight excluding hydrogens is 182 g/mol. The van der Waals surface area contributed by atoms with Gasteiger partial charge in [0.2, 0.25) is 5.95 Å². The second-order valence-electron chi connectivity index (χ2n) is 2.69. The predicted octanol–water partition coefficient (Wildman–Crippen LogP) is 1.83. The van der Waals surface area contributed by atoms with Crippen molar-refractivity contribution in [2.45, 2.75) is 19.8 Å². The summed E-state index contributed by atoms with van der Waals surface area (Å²) in [6, 6.07) is 1.67. The minimum absolute atomic E-state index is 0.258. The van der Waals surface area contributed by atoms with Crippen molar-refractivity contribution in [3.63, 3.8) is 0 Å². The summed E-state index contributed by atoms with van der Waals surface area (Å²) in [6.07, 6.45) is 4.45. The molecule has 0 aliphatic carbocycles. The number of carbonyl (C=O) groups excluding carboxylic acids is 1. The van der Waals surface area contributed by atoms with Crippen LogP contribution in [0.1, 0.15) is 19.8 Å². The number of ether oxygens (including phenoxy) is 1. The van der Waals surface area contributed by atoms with Crippen LogP contribution >= 0.6 is 0 Å². The maximum Gasteiger partial charge on any atom is 0.414 e. The summed E-state index contributed by atoms with van der Waals surface area (Å²) < 4.78 is 4.86. The van der Waals surface area contributed by atoms with Crippen molar-refractivity contribution in [2.75, 3.05) is 11.9 Å². The summed E-state index contributed by atoms with van der Waals surface area (Å²) in [7, 11) is 0. The molecule has 0 radical (unpaired) electrons. The largest absolute Gasteiger partial charge is 0.449 e. The van der Waals surface area contributed by atoms with E-state index in [1.807, 2.05) is 6.92 Å². The monoisotopic (exact) mass is 195 g/mol. The van der Waals surface area contributed by atoms with Gasteiger partial charge < -0.3 is 4.74 Å². The third-order valence-corrected chi connectivity index (χ3v) is 1.51. The van der Waals surface area contributed by atoms with Gasteiger partial charge in [-0.3, -0.25) is 5.32 Å². The molecule has 5 nitrogen and oxygen atoms in total. The number of nitrogens with zero attached hydrogens (tertiary/aromatic N) is 2. The smallest absolute Gasteiger partial charge is 0.414 e. The number of hydrogen-bond donors (Lipinski definition) is 1. The van der Waals surface area contributed by atoms with E-state index in [0.29, 0.717) is 6.61 Å². The number of rotatable bonds is 4. The van der Waals surface area contributed by atoms with Gasteiger partial charge in [0.25, 0.3) is 0 Å². The molecule has 0 aromatic carbocycles. The Morgan fingerprint density at radius 1 is 1.50 bits per heavy atom. The fourth-order valence-corrected chi connectivity index (χ4v) is 0.800. The molecule has 1 N–H and O–H groups in total. The minimum Gasteiger partial charge on any atom is -0.449 e. The van der Waals surface area contributed by atoms with Crippen molar-refractivity contribution in [2.24, 2.45) is 0 Å². The average molecular weight is 195 g/mol. The van der Waals surface area contributed by atoms with E-state index in [4.69, 9.17) is 4.74 Å². The fourth-order valence-electron chi connectivity index (χ4n) is 0.800. The van der Waals surface area contributed by atoms with Crippen LogP contribution in [0.4, 0.5) is 10.7 Å². The number of nitrogens with one attached hydrogen (secondary N) is 1. The molecule has 5 heteroatoms. The van der Waals surface area contributed by atoms with Crippen molar-refractivity contribution in [1.82, 2.24) is 9.97 Å². The molecule has 1 heterocycles. The Hall–Kier alpha value is -1.65. The first-order chi connectivity index (χ1) is 6.83. The first-order valence-corrected chi connectivity index (χ1v) is 4.53. The maximum atomic E-state index is 11.1. The van der Waals surface area contributed by atoms with Crippen LogP contribution in [0.15, 0.2) is 18.5 Å². The van der Waals surface area contributed by atoms with Crippen LogP contribution in [0.2, 0.25) is 0 Å². The molecule has 0 atom stereocenters. The Bertz CT molecular complexity index is 277. The van der Waals surface area contributed by atoms with Crippen LogP contribution in [-0.2, 0) is 4.74 Å². The van der Waals surface area contributed by atoms with Gasteiger partial charge in [0.1, 0.15) is 0 Å². The molecule has 0 spiro atoms. The molecule has 76 valence electrons. The van der Waals surface area contributed by atoms with Gasteiger partial charge in [0.15, 0.2) is 0 Å². The Balaban J connectivity index is 2.27. The molecule has 0 unspecified atom stereocenters. The highest BCUT2D eigenvalue weighted by Crippen LogP contribution is 1.96. The van der Waals surface area contributed by atoms with E-state index >= 15 is 0 Å². The van der Waals surface area contributed by atoms with Crippen molar-refractivity contribution in [3.05, 3.63) is 18.5 Å². The van der Waals surface area contributed by atoms with Gasteiger partial charge in [-0.2, -0.15) is 0 Å². The molecule has 0 saturated heterocycles. The number of anilines is 1. The minimum atomic E-state index is -0.510. The van der Waals surface area contributed by atoms with Gasteiger partial charge in [0.05, 0.1) is 6.61 Å². The normalized spacial score (nSPS) is 9.50. The molecule has 0 aliphatic rings. The van der Waals surface area contributed by atoms with E-state index in [1.165, 1.54) is 0 Å². The SMILES string of the molecule is CCCCOC(=O)Nc1ncccn1. The molecule has 0 bridgehead atoms. The Labute approximate surface area is 82.5 Å². The summed E-state index contributed by atoms with van der Waals surface area (Å²) >= 11 is 0. The topological polar surface area (TPSA) is 64.1 Å². The highest BCUT2D eigenvalue weighted by molar-refractivity contribution is 5.81. The number of unbranched alkanes of at least 4 members (excludes halogenated alkanes) is 1. The third kappa shape index (κ3) is 3.84. The second-order valence-corrected chi connectivity index (χ2v) is 2.69. The molecule has 1 aromatic rings. The standard InChI is InChI=1S/C9H13N3O2/c1-2-3-7-14-9(13)12-8-10-5-4-6-11-8/h4-6H,2-3,7H2,1H3,(H,10,11,12,13). The second kappa shape index (κ2) is 5.90. The zero-order chi connectivity index (χ0) is 10.2. The molecular formula is C9H13N3O2. The number of aromatic nitrogens is 2. The van der Waals surface area contributed by atoms with E-state index < -0.39 is 6.09 Å². The van der Waals surface area contributed by atoms with Crippen LogP contribution in [0, 0.1) is 0 Å². The summed E-state index contributed by atoms with van der Waals surface area (Å²) in [4.78, 5) is 18.7. The van der Waals surface area contributed by atoms with Crippen LogP contribution in [0.5, 0.6) is 0 Å². The zero-order valence-corrected chi connectivity index (χ0v) is 8.06. The number of amides is 1. The molecule has 0 aliphatic heterocycles. The quantitative estimate of drug-likeness (QED) is 0.744. The van der Waals surface area contributed by atoms with Crippen LogP contribution in [0.3, 0.4) is 0 Å². The lowest BCUT2D eigenvalue weighted by Crippen LogP contribution is -2.15. The molecule has 1 aromatic heterocycles. The number of hydrogen-bond acceptors (Lipinski definition) is 4. The van der Waals surface area contributed by atoms with Gasteiger partial charge in [-0.25, -0.2) is 14.8 Å². The average Bonchev–Trinajstić information content (AvgIpc) is 2.20. The highest BCUT2D eigenvalue weighted by Gasteiger charge is 2.02. The lowest BCUT2D eigenvalue weighted by atomic mass is 10.4. The van der Waals surface area contributed by atoms with Crippen LogP contribution in [0.25, 0.3) is 0 Å². The van der Waals surface area contributed by atoms with E-state index in [0.717, 1.165) is 12.8 Å². The van der Waals surface area contributed by atoms with Crippen molar-refractivity contribution in [1.29, 1.82) is 0 Å². The van der Waals surface area contributed by atoms with Gasteiger partial charge >= 0.3 is 6.09 Å². The summed E-state index contributed by atoms with van der Waals surface area (Å²) in [6.45, 7) is 2.46. The van der Waals surface area contributed by atoms with Crippen LogP contribution in [-0.4, -0.2) is 22.7 Å². The van der Waals surface area contributed by atoms with E-state index in [2.05, 4.69) is 15.3 Å². The molecule has 14 heavy (non-hydrogen) atoms. The lowest BCUT2D eigenvalue weighted by Gasteiger charge is -2.03. The van der Waals surface area contributed by atoms with Gasteiger partial charge in [-0.1, -0.05) is 13.3 Å². The first-order valence-electron chi connectivity index (χ1n) is 4.53. The molecule has 0 fully saturated rings. The van der Waals surface area contributed by atoms with E-state index in [9.17, 15) is 4.79 Å². The third-order valence-electron chi connectivity index (χ3n) is 1.51. The number of carbonyl (C=O) groups is 1. The zero-order valence-electron chi connectivity index (χ0n) is 8.06. The van der Waals surface area contributed by atoms with Gasteiger partial charge in [0, 0.05) is 12.4 Å². The van der Waals surface area contributed by atoms with Crippen molar-refractivity contribution >= 4 is 12.0 Å². The first kappa shape index (κ1) is 10.4. The Morgan fingerprint density at radius 3 is 2.86 bits per heavy atom. The van der Waals surface area contributed by atoms with E-state index in [-0.39, 0.29) is 5.95 Å². The molecule has 1 amide bonds. The fraction of sp³-hybridized carbons (Fsp3) is 0.444. The molecule has 0 saturated carbocycles.